The lowest BCUT2D eigenvalue weighted by molar-refractivity contribution is 1.17. The van der Waals surface area contributed by atoms with Gasteiger partial charge in [0.25, 0.3) is 6.71 Å². The molecule has 0 saturated carbocycles. The van der Waals surface area contributed by atoms with Crippen LogP contribution >= 0.6 is 11.3 Å². The number of fused-ring (bicyclic) bond motifs is 11. The molecule has 0 saturated heterocycles. The molecule has 0 fully saturated rings. The number of aryl methyl sites for hydroxylation is 1. The standard InChI is InChI=1S/C55H37BN2SSi/c1-36-33-48-54-49(34-36)58-46-31-32-51-53(42-25-14-15-28-50(42)59-51)52(46)43-26-16-27-45(55(43)58)56(54)44-30-29-41(35-47(44)57(48)37-17-6-2-7-18-37)60(38-19-8-3-9-20-38,39-21-10-4-11-22-39)40-23-12-5-13-24-40/h2-35H,1H3. The minimum absolute atomic E-state index is 0.0519. The zero-order chi connectivity index (χ0) is 39.5. The summed E-state index contributed by atoms with van der Waals surface area (Å²) in [6, 6.07) is 78.1. The molecule has 0 spiro atoms. The van der Waals surface area contributed by atoms with Crippen LogP contribution in [0, 0.1) is 6.92 Å². The van der Waals surface area contributed by atoms with Gasteiger partial charge in [0.15, 0.2) is 8.07 Å². The summed E-state index contributed by atoms with van der Waals surface area (Å²) in [7, 11) is -2.82. The predicted octanol–water partition coefficient (Wildman–Crippen LogP) is 9.45. The van der Waals surface area contributed by atoms with Gasteiger partial charge < -0.3 is 9.47 Å². The lowest BCUT2D eigenvalue weighted by Gasteiger charge is -2.42. The summed E-state index contributed by atoms with van der Waals surface area (Å²) >= 11 is 1.90. The molecule has 2 aliphatic heterocycles. The molecule has 0 amide bonds. The maximum Gasteiger partial charge on any atom is 0.252 e. The number of thiophene rings is 1. The van der Waals surface area contributed by atoms with Gasteiger partial charge in [0, 0.05) is 59.2 Å². The molecule has 0 radical (unpaired) electrons. The van der Waals surface area contributed by atoms with Crippen LogP contribution in [0.15, 0.2) is 206 Å². The molecule has 0 unspecified atom stereocenters. The van der Waals surface area contributed by atoms with Crippen LogP contribution in [0.25, 0.3) is 47.7 Å². The Balaban J connectivity index is 1.16. The highest BCUT2D eigenvalue weighted by Gasteiger charge is 2.46. The van der Waals surface area contributed by atoms with E-state index < -0.39 is 8.07 Å². The molecule has 13 rings (SSSR count). The van der Waals surface area contributed by atoms with Gasteiger partial charge in [-0.3, -0.25) is 0 Å². The second-order valence-electron chi connectivity index (χ2n) is 16.5. The Hall–Kier alpha value is -6.92. The van der Waals surface area contributed by atoms with Crippen LogP contribution in [-0.4, -0.2) is 19.4 Å². The molecule has 280 valence electrons. The fraction of sp³-hybridized carbons (Fsp3) is 0.0182. The number of hydrogen-bond acceptors (Lipinski definition) is 2. The van der Waals surface area contributed by atoms with Gasteiger partial charge >= 0.3 is 0 Å². The Morgan fingerprint density at radius 3 is 1.77 bits per heavy atom. The smallest absolute Gasteiger partial charge is 0.252 e. The molecular weight excluding hydrogens is 760 g/mol. The summed E-state index contributed by atoms with van der Waals surface area (Å²) in [5.74, 6) is 0. The Morgan fingerprint density at radius 2 is 1.07 bits per heavy atom. The van der Waals surface area contributed by atoms with Crippen molar-refractivity contribution < 1.29 is 0 Å². The summed E-state index contributed by atoms with van der Waals surface area (Å²) in [4.78, 5) is 2.57. The average molecular weight is 797 g/mol. The quantitative estimate of drug-likeness (QED) is 0.125. The van der Waals surface area contributed by atoms with Crippen LogP contribution in [0.3, 0.4) is 0 Å². The highest BCUT2D eigenvalue weighted by atomic mass is 32.1. The Morgan fingerprint density at radius 1 is 0.450 bits per heavy atom. The molecule has 2 nitrogen and oxygen atoms in total. The van der Waals surface area contributed by atoms with E-state index in [2.05, 4.69) is 223 Å². The zero-order valence-corrected chi connectivity index (χ0v) is 34.8. The lowest BCUT2D eigenvalue weighted by Crippen LogP contribution is -2.75. The fourth-order valence-electron chi connectivity index (χ4n) is 11.0. The summed E-state index contributed by atoms with van der Waals surface area (Å²) < 4.78 is 5.29. The van der Waals surface area contributed by atoms with Crippen molar-refractivity contribution in [2.75, 3.05) is 4.90 Å². The molecule has 60 heavy (non-hydrogen) atoms. The molecule has 9 aromatic carbocycles. The van der Waals surface area contributed by atoms with Crippen molar-refractivity contribution in [1.29, 1.82) is 0 Å². The second-order valence-corrected chi connectivity index (χ2v) is 21.3. The normalized spacial score (nSPS) is 13.0. The average Bonchev–Trinajstić information content (AvgIpc) is 3.86. The number of para-hydroxylation sites is 2. The van der Waals surface area contributed by atoms with E-state index in [1.54, 1.807) is 0 Å². The largest absolute Gasteiger partial charge is 0.311 e. The Kier molecular flexibility index (Phi) is 7.25. The van der Waals surface area contributed by atoms with Crippen LogP contribution in [0.1, 0.15) is 5.56 Å². The predicted molar refractivity (Wildman–Crippen MR) is 261 cm³/mol. The van der Waals surface area contributed by atoms with Gasteiger partial charge in [-0.2, -0.15) is 0 Å². The third kappa shape index (κ3) is 4.54. The molecule has 0 bridgehead atoms. The van der Waals surface area contributed by atoms with Crippen LogP contribution < -0.4 is 42.0 Å². The first-order valence-corrected chi connectivity index (χ1v) is 23.7. The molecule has 0 aliphatic carbocycles. The third-order valence-corrected chi connectivity index (χ3v) is 19.2. The van der Waals surface area contributed by atoms with E-state index in [0.717, 1.165) is 0 Å². The minimum Gasteiger partial charge on any atom is -0.311 e. The summed E-state index contributed by atoms with van der Waals surface area (Å²) in [5, 5.41) is 10.9. The monoisotopic (exact) mass is 796 g/mol. The molecule has 2 aliphatic rings. The van der Waals surface area contributed by atoms with Crippen molar-refractivity contribution in [3.63, 3.8) is 0 Å². The number of nitrogens with zero attached hydrogens (tertiary/aromatic N) is 2. The van der Waals surface area contributed by atoms with Crippen molar-refractivity contribution in [2.45, 2.75) is 6.92 Å². The third-order valence-electron chi connectivity index (χ3n) is 13.3. The maximum absolute atomic E-state index is 2.82. The van der Waals surface area contributed by atoms with Gasteiger partial charge in [-0.1, -0.05) is 158 Å². The number of benzene rings is 9. The van der Waals surface area contributed by atoms with Crippen molar-refractivity contribution in [2.24, 2.45) is 0 Å². The van der Waals surface area contributed by atoms with Gasteiger partial charge in [0.2, 0.25) is 0 Å². The van der Waals surface area contributed by atoms with Crippen molar-refractivity contribution in [1.82, 2.24) is 4.57 Å². The van der Waals surface area contributed by atoms with Crippen LogP contribution in [0.4, 0.5) is 17.1 Å². The van der Waals surface area contributed by atoms with Crippen molar-refractivity contribution >= 4 is 122 Å². The first-order chi connectivity index (χ1) is 29.7. The maximum atomic E-state index is 2.61. The minimum atomic E-state index is -2.82. The van der Waals surface area contributed by atoms with E-state index in [1.807, 2.05) is 11.3 Å². The van der Waals surface area contributed by atoms with Crippen LogP contribution in [0.5, 0.6) is 0 Å². The second kappa shape index (κ2) is 12.8. The summed E-state index contributed by atoms with van der Waals surface area (Å²) in [6.07, 6.45) is 0. The highest BCUT2D eigenvalue weighted by Crippen LogP contribution is 2.46. The Labute approximate surface area is 354 Å². The molecule has 0 N–H and O–H groups in total. The molecule has 11 aromatic rings. The number of aromatic nitrogens is 1. The number of hydrogen-bond donors (Lipinski definition) is 0. The van der Waals surface area contributed by atoms with E-state index in [4.69, 9.17) is 0 Å². The number of rotatable bonds is 5. The van der Waals surface area contributed by atoms with Crippen molar-refractivity contribution in [3.05, 3.63) is 212 Å². The van der Waals surface area contributed by atoms with Crippen LogP contribution in [-0.2, 0) is 0 Å². The SMILES string of the molecule is Cc1cc2c3c(c1)-n1c4ccc5sc6ccccc6c5c4c4cccc(c41)B3c1ccc([Si](c3ccccc3)(c3ccccc3)c3ccccc3)cc1N2c1ccccc1. The van der Waals surface area contributed by atoms with Gasteiger partial charge in [-0.25, -0.2) is 0 Å². The van der Waals surface area contributed by atoms with Gasteiger partial charge in [0.1, 0.15) is 0 Å². The summed E-state index contributed by atoms with van der Waals surface area (Å²) in [5.41, 5.74) is 12.9. The first-order valence-electron chi connectivity index (χ1n) is 20.9. The van der Waals surface area contributed by atoms with Gasteiger partial charge in [-0.15, -0.1) is 11.3 Å². The Bertz CT molecular complexity index is 3410. The zero-order valence-electron chi connectivity index (χ0n) is 33.0. The van der Waals surface area contributed by atoms with E-state index in [0.29, 0.717) is 0 Å². The molecule has 4 heterocycles. The van der Waals surface area contributed by atoms with E-state index in [-0.39, 0.29) is 6.71 Å². The lowest BCUT2D eigenvalue weighted by atomic mass is 9.34. The van der Waals surface area contributed by atoms with Crippen LogP contribution in [0.2, 0.25) is 0 Å². The molecule has 5 heteroatoms. The molecular formula is C55H37BN2SSi. The summed E-state index contributed by atoms with van der Waals surface area (Å²) in [6.45, 7) is 2.32. The molecule has 0 atom stereocenters. The topological polar surface area (TPSA) is 8.17 Å². The van der Waals surface area contributed by atoms with Gasteiger partial charge in [0.05, 0.1) is 5.52 Å². The van der Waals surface area contributed by atoms with Gasteiger partial charge in [-0.05, 0) is 98.2 Å². The highest BCUT2D eigenvalue weighted by molar-refractivity contribution is 7.26. The number of anilines is 3. The van der Waals surface area contributed by atoms with E-state index >= 15 is 0 Å². The first kappa shape index (κ1) is 34.0. The van der Waals surface area contributed by atoms with Crippen molar-refractivity contribution in [3.8, 4) is 5.69 Å². The van der Waals surface area contributed by atoms with E-state index in [1.165, 1.54) is 107 Å². The fourth-order valence-corrected chi connectivity index (χ4v) is 16.9. The van der Waals surface area contributed by atoms with E-state index in [9.17, 15) is 0 Å². The molecule has 2 aromatic heterocycles.